The highest BCUT2D eigenvalue weighted by molar-refractivity contribution is 5.58. The number of nitrogens with zero attached hydrogens (tertiary/aromatic N) is 3. The van der Waals surface area contributed by atoms with Crippen molar-refractivity contribution in [2.45, 2.75) is 19.4 Å². The van der Waals surface area contributed by atoms with Crippen molar-refractivity contribution in [1.29, 1.82) is 0 Å². The first kappa shape index (κ1) is 12.1. The standard InChI is InChI=1S/C15H20N4/c1-18-12-16-10-15(18)11-17-13-5-4-6-14(9-13)19-7-2-3-8-19/h4-6,9-10,12,17H,2-3,7-8,11H2,1H3. The first-order chi connectivity index (χ1) is 9.33. The van der Waals surface area contributed by atoms with Gasteiger partial charge in [-0.05, 0) is 31.0 Å². The smallest absolute Gasteiger partial charge is 0.0946 e. The van der Waals surface area contributed by atoms with E-state index in [1.165, 1.54) is 43.0 Å². The van der Waals surface area contributed by atoms with Crippen LogP contribution < -0.4 is 10.2 Å². The Bertz CT molecular complexity index is 541. The van der Waals surface area contributed by atoms with Crippen LogP contribution in [0, 0.1) is 0 Å². The number of hydrogen-bond donors (Lipinski definition) is 1. The van der Waals surface area contributed by atoms with Crippen LogP contribution in [0.5, 0.6) is 0 Å². The lowest BCUT2D eigenvalue weighted by Crippen LogP contribution is -2.17. The molecule has 1 aliphatic heterocycles. The summed E-state index contributed by atoms with van der Waals surface area (Å²) in [6, 6.07) is 8.68. The summed E-state index contributed by atoms with van der Waals surface area (Å²) < 4.78 is 2.04. The molecular formula is C15H20N4. The van der Waals surface area contributed by atoms with Gasteiger partial charge in [0.1, 0.15) is 0 Å². The molecule has 1 N–H and O–H groups in total. The molecule has 3 rings (SSSR count). The molecule has 0 unspecified atom stereocenters. The van der Waals surface area contributed by atoms with Crippen molar-refractivity contribution >= 4 is 11.4 Å². The third-order valence-corrected chi connectivity index (χ3v) is 3.71. The van der Waals surface area contributed by atoms with Crippen LogP contribution in [0.1, 0.15) is 18.5 Å². The molecule has 0 spiro atoms. The lowest BCUT2D eigenvalue weighted by molar-refractivity contribution is 0.837. The third-order valence-electron chi connectivity index (χ3n) is 3.71. The minimum absolute atomic E-state index is 0.806. The number of aromatic nitrogens is 2. The van der Waals surface area contributed by atoms with Crippen LogP contribution in [0.2, 0.25) is 0 Å². The summed E-state index contributed by atoms with van der Waals surface area (Å²) in [7, 11) is 2.02. The Kier molecular flexibility index (Phi) is 3.40. The van der Waals surface area contributed by atoms with E-state index in [4.69, 9.17) is 0 Å². The second kappa shape index (κ2) is 5.34. The highest BCUT2D eigenvalue weighted by Crippen LogP contribution is 2.23. The molecule has 1 aromatic carbocycles. The number of benzene rings is 1. The summed E-state index contributed by atoms with van der Waals surface area (Å²) in [5.41, 5.74) is 3.68. The van der Waals surface area contributed by atoms with Crippen molar-refractivity contribution in [3.63, 3.8) is 0 Å². The molecule has 100 valence electrons. The van der Waals surface area contributed by atoms with E-state index in [0.717, 1.165) is 6.54 Å². The van der Waals surface area contributed by atoms with E-state index < -0.39 is 0 Å². The van der Waals surface area contributed by atoms with Gasteiger partial charge in [0.2, 0.25) is 0 Å². The molecule has 0 radical (unpaired) electrons. The van der Waals surface area contributed by atoms with Crippen molar-refractivity contribution in [3.05, 3.63) is 42.5 Å². The molecule has 4 heteroatoms. The van der Waals surface area contributed by atoms with Crippen molar-refractivity contribution < 1.29 is 0 Å². The fourth-order valence-corrected chi connectivity index (χ4v) is 2.54. The molecule has 0 atom stereocenters. The van der Waals surface area contributed by atoms with Gasteiger partial charge in [0.25, 0.3) is 0 Å². The third kappa shape index (κ3) is 2.72. The van der Waals surface area contributed by atoms with Gasteiger partial charge in [0.05, 0.1) is 18.6 Å². The molecular weight excluding hydrogens is 236 g/mol. The highest BCUT2D eigenvalue weighted by Gasteiger charge is 2.12. The maximum absolute atomic E-state index is 4.13. The van der Waals surface area contributed by atoms with Crippen LogP contribution in [0.3, 0.4) is 0 Å². The topological polar surface area (TPSA) is 33.1 Å². The van der Waals surface area contributed by atoms with Gasteiger partial charge in [-0.15, -0.1) is 0 Å². The number of hydrogen-bond acceptors (Lipinski definition) is 3. The number of rotatable bonds is 4. The zero-order valence-electron chi connectivity index (χ0n) is 11.3. The summed E-state index contributed by atoms with van der Waals surface area (Å²) in [6.45, 7) is 3.18. The zero-order valence-corrected chi connectivity index (χ0v) is 11.3. The molecule has 1 saturated heterocycles. The Morgan fingerprint density at radius 1 is 1.26 bits per heavy atom. The largest absolute Gasteiger partial charge is 0.379 e. The number of anilines is 2. The van der Waals surface area contributed by atoms with E-state index in [2.05, 4.69) is 39.5 Å². The molecule has 0 saturated carbocycles. The quantitative estimate of drug-likeness (QED) is 0.913. The van der Waals surface area contributed by atoms with Gasteiger partial charge in [0.15, 0.2) is 0 Å². The Morgan fingerprint density at radius 2 is 2.11 bits per heavy atom. The highest BCUT2D eigenvalue weighted by atomic mass is 15.1. The van der Waals surface area contributed by atoms with Crippen LogP contribution in [0.4, 0.5) is 11.4 Å². The van der Waals surface area contributed by atoms with E-state index in [0.29, 0.717) is 0 Å². The SMILES string of the molecule is Cn1cncc1CNc1cccc(N2CCCC2)c1. The summed E-state index contributed by atoms with van der Waals surface area (Å²) in [6.07, 6.45) is 6.36. The van der Waals surface area contributed by atoms with Gasteiger partial charge in [-0.25, -0.2) is 4.98 Å². The molecule has 0 bridgehead atoms. The molecule has 1 aliphatic rings. The van der Waals surface area contributed by atoms with Crippen molar-refractivity contribution in [1.82, 2.24) is 9.55 Å². The number of aryl methyl sites for hydroxylation is 1. The van der Waals surface area contributed by atoms with Crippen LogP contribution in [0.25, 0.3) is 0 Å². The second-order valence-electron chi connectivity index (χ2n) is 5.09. The monoisotopic (exact) mass is 256 g/mol. The average molecular weight is 256 g/mol. The predicted octanol–water partition coefficient (Wildman–Crippen LogP) is 2.63. The van der Waals surface area contributed by atoms with Crippen molar-refractivity contribution in [2.24, 2.45) is 7.05 Å². The maximum Gasteiger partial charge on any atom is 0.0946 e. The van der Waals surface area contributed by atoms with Gasteiger partial charge in [-0.2, -0.15) is 0 Å². The van der Waals surface area contributed by atoms with Crippen LogP contribution in [0.15, 0.2) is 36.8 Å². The fourth-order valence-electron chi connectivity index (χ4n) is 2.54. The number of nitrogens with one attached hydrogen (secondary N) is 1. The summed E-state index contributed by atoms with van der Waals surface area (Å²) in [5.74, 6) is 0. The van der Waals surface area contributed by atoms with E-state index in [-0.39, 0.29) is 0 Å². The van der Waals surface area contributed by atoms with Crippen LogP contribution in [-0.4, -0.2) is 22.6 Å². The second-order valence-corrected chi connectivity index (χ2v) is 5.09. The molecule has 19 heavy (non-hydrogen) atoms. The van der Waals surface area contributed by atoms with Crippen LogP contribution in [-0.2, 0) is 13.6 Å². The Hall–Kier alpha value is -1.97. The molecule has 1 fully saturated rings. The zero-order chi connectivity index (χ0) is 13.1. The first-order valence-electron chi connectivity index (χ1n) is 6.87. The Morgan fingerprint density at radius 3 is 2.84 bits per heavy atom. The van der Waals surface area contributed by atoms with E-state index >= 15 is 0 Å². The molecule has 2 aromatic rings. The Balaban J connectivity index is 1.67. The van der Waals surface area contributed by atoms with Gasteiger partial charge < -0.3 is 14.8 Å². The minimum Gasteiger partial charge on any atom is -0.379 e. The van der Waals surface area contributed by atoms with E-state index in [9.17, 15) is 0 Å². The summed E-state index contributed by atoms with van der Waals surface area (Å²) >= 11 is 0. The Labute approximate surface area is 114 Å². The van der Waals surface area contributed by atoms with E-state index in [1.807, 2.05) is 24.1 Å². The van der Waals surface area contributed by atoms with Gasteiger partial charge >= 0.3 is 0 Å². The van der Waals surface area contributed by atoms with Crippen LogP contribution >= 0.6 is 0 Å². The van der Waals surface area contributed by atoms with Crippen molar-refractivity contribution in [2.75, 3.05) is 23.3 Å². The molecule has 1 aromatic heterocycles. The predicted molar refractivity (Wildman–Crippen MR) is 78.4 cm³/mol. The lowest BCUT2D eigenvalue weighted by atomic mass is 10.2. The van der Waals surface area contributed by atoms with Gasteiger partial charge in [-0.1, -0.05) is 6.07 Å². The molecule has 4 nitrogen and oxygen atoms in total. The first-order valence-corrected chi connectivity index (χ1v) is 6.87. The lowest BCUT2D eigenvalue weighted by Gasteiger charge is -2.18. The summed E-state index contributed by atoms with van der Waals surface area (Å²) in [5, 5.41) is 3.46. The molecule has 0 aliphatic carbocycles. The average Bonchev–Trinajstić information content (AvgIpc) is 3.08. The summed E-state index contributed by atoms with van der Waals surface area (Å²) in [4.78, 5) is 6.58. The fraction of sp³-hybridized carbons (Fsp3) is 0.400. The van der Waals surface area contributed by atoms with Gasteiger partial charge in [-0.3, -0.25) is 0 Å². The minimum atomic E-state index is 0.806. The van der Waals surface area contributed by atoms with E-state index in [1.54, 1.807) is 0 Å². The number of imidazole rings is 1. The van der Waals surface area contributed by atoms with Crippen molar-refractivity contribution in [3.8, 4) is 0 Å². The maximum atomic E-state index is 4.13. The van der Waals surface area contributed by atoms with Gasteiger partial charge in [0, 0.05) is 37.7 Å². The normalized spacial score (nSPS) is 14.9. The molecule has 2 heterocycles. The molecule has 0 amide bonds.